The van der Waals surface area contributed by atoms with Crippen molar-refractivity contribution in [3.63, 3.8) is 0 Å². The summed E-state index contributed by atoms with van der Waals surface area (Å²) in [4.78, 5) is 26.0. The number of carbonyl (C=O) groups is 2. The zero-order chi connectivity index (χ0) is 21.0. The highest BCUT2D eigenvalue weighted by Gasteiger charge is 2.34. The molecular weight excluding hydrogens is 546 g/mol. The Kier molecular flexibility index (Phi) is 7.81. The summed E-state index contributed by atoms with van der Waals surface area (Å²) in [6.07, 6.45) is 1.65. The predicted molar refractivity (Wildman–Crippen MR) is 122 cm³/mol. The Hall–Kier alpha value is -1.32. The van der Waals surface area contributed by atoms with Gasteiger partial charge in [-0.15, -0.1) is 0 Å². The van der Waals surface area contributed by atoms with Crippen molar-refractivity contribution in [2.45, 2.75) is 6.61 Å². The van der Waals surface area contributed by atoms with Crippen molar-refractivity contribution in [1.82, 2.24) is 4.90 Å². The first-order chi connectivity index (χ1) is 13.9. The van der Waals surface area contributed by atoms with Crippen LogP contribution in [0.5, 0.6) is 5.75 Å². The van der Waals surface area contributed by atoms with Crippen LogP contribution < -0.4 is 4.74 Å². The molecule has 0 spiro atoms. The number of nitrogens with zero attached hydrogens (tertiary/aromatic N) is 1. The van der Waals surface area contributed by atoms with Gasteiger partial charge in [-0.1, -0.05) is 39.7 Å². The highest BCUT2D eigenvalue weighted by atomic mass is 79.9. The van der Waals surface area contributed by atoms with E-state index in [4.69, 9.17) is 21.1 Å². The number of methoxy groups -OCH3 is 1. The van der Waals surface area contributed by atoms with Crippen LogP contribution in [0.25, 0.3) is 6.08 Å². The van der Waals surface area contributed by atoms with Crippen molar-refractivity contribution in [1.29, 1.82) is 0 Å². The molecule has 0 radical (unpaired) electrons. The molecule has 3 rings (SSSR count). The number of hydrogen-bond donors (Lipinski definition) is 0. The Labute approximate surface area is 194 Å². The molecule has 1 aliphatic rings. The molecule has 9 heteroatoms. The van der Waals surface area contributed by atoms with Gasteiger partial charge in [0.1, 0.15) is 6.61 Å². The van der Waals surface area contributed by atoms with Crippen LogP contribution in [0.1, 0.15) is 11.1 Å². The largest absolute Gasteiger partial charge is 0.486 e. The topological polar surface area (TPSA) is 55.8 Å². The maximum atomic E-state index is 12.4. The monoisotopic (exact) mass is 559 g/mol. The van der Waals surface area contributed by atoms with E-state index in [1.807, 2.05) is 24.3 Å². The molecule has 0 saturated carbocycles. The van der Waals surface area contributed by atoms with Crippen molar-refractivity contribution >= 4 is 72.4 Å². The number of thioether (sulfide) groups is 1. The Morgan fingerprint density at radius 2 is 1.90 bits per heavy atom. The number of rotatable bonds is 7. The lowest BCUT2D eigenvalue weighted by Gasteiger charge is -2.12. The zero-order valence-corrected chi connectivity index (χ0v) is 20.0. The van der Waals surface area contributed by atoms with Gasteiger partial charge in [-0.3, -0.25) is 14.5 Å². The molecule has 2 aromatic carbocycles. The van der Waals surface area contributed by atoms with Gasteiger partial charge in [-0.2, -0.15) is 0 Å². The maximum Gasteiger partial charge on any atom is 0.293 e. The van der Waals surface area contributed by atoms with Gasteiger partial charge in [0.2, 0.25) is 0 Å². The molecule has 5 nitrogen and oxygen atoms in total. The van der Waals surface area contributed by atoms with Gasteiger partial charge in [0, 0.05) is 11.6 Å². The van der Waals surface area contributed by atoms with E-state index in [1.54, 1.807) is 18.2 Å². The third-order valence-electron chi connectivity index (χ3n) is 4.01. The minimum atomic E-state index is -0.333. The third kappa shape index (κ3) is 5.64. The number of amides is 2. The number of benzene rings is 2. The molecular formula is C20H16Br2ClNO4S. The number of hydrogen-bond acceptors (Lipinski definition) is 5. The van der Waals surface area contributed by atoms with Gasteiger partial charge in [0.25, 0.3) is 11.1 Å². The highest BCUT2D eigenvalue weighted by Crippen LogP contribution is 2.38. The normalized spacial score (nSPS) is 15.4. The first kappa shape index (κ1) is 22.4. The van der Waals surface area contributed by atoms with Crippen molar-refractivity contribution < 1.29 is 19.1 Å². The predicted octanol–water partition coefficient (Wildman–Crippen LogP) is 6.13. The van der Waals surface area contributed by atoms with Crippen molar-refractivity contribution in [3.05, 3.63) is 66.4 Å². The zero-order valence-electron chi connectivity index (χ0n) is 15.3. The second-order valence-electron chi connectivity index (χ2n) is 6.05. The van der Waals surface area contributed by atoms with Crippen LogP contribution in [0.4, 0.5) is 4.79 Å². The van der Waals surface area contributed by atoms with E-state index in [2.05, 4.69) is 31.9 Å². The Balaban J connectivity index is 1.75. The first-order valence-electron chi connectivity index (χ1n) is 8.49. The van der Waals surface area contributed by atoms with E-state index in [9.17, 15) is 9.59 Å². The smallest absolute Gasteiger partial charge is 0.293 e. The van der Waals surface area contributed by atoms with Crippen LogP contribution in [0.2, 0.25) is 5.02 Å². The molecule has 0 bridgehead atoms. The van der Waals surface area contributed by atoms with E-state index in [1.165, 1.54) is 12.0 Å². The number of ether oxygens (including phenoxy) is 2. The fraction of sp³-hybridized carbons (Fsp3) is 0.200. The summed E-state index contributed by atoms with van der Waals surface area (Å²) in [5, 5.41) is 0.0965. The number of imide groups is 1. The molecule has 2 aromatic rings. The molecule has 1 saturated heterocycles. The molecule has 0 unspecified atom stereocenters. The van der Waals surface area contributed by atoms with E-state index in [0.717, 1.165) is 21.8 Å². The van der Waals surface area contributed by atoms with Crippen LogP contribution in [0.15, 0.2) is 50.2 Å². The summed E-state index contributed by atoms with van der Waals surface area (Å²) in [6.45, 7) is 0.891. The van der Waals surface area contributed by atoms with E-state index >= 15 is 0 Å². The van der Waals surface area contributed by atoms with Crippen molar-refractivity contribution in [2.24, 2.45) is 0 Å². The average molecular weight is 562 g/mol. The van der Waals surface area contributed by atoms with E-state index in [0.29, 0.717) is 38.9 Å². The van der Waals surface area contributed by atoms with Crippen LogP contribution >= 0.6 is 55.2 Å². The van der Waals surface area contributed by atoms with Crippen LogP contribution in [0.3, 0.4) is 0 Å². The standard InChI is InChI=1S/C20H16Br2ClNO4S/c1-27-7-6-24-19(25)17(29-20(24)26)10-13-8-15(22)18(16(23)9-13)28-11-12-2-4-14(21)5-3-12/h2-5,8-10H,6-7,11H2,1H3/b17-10+. The fourth-order valence-electron chi connectivity index (χ4n) is 2.56. The number of carbonyl (C=O) groups excluding carboxylic acids is 2. The molecule has 0 aromatic heterocycles. The van der Waals surface area contributed by atoms with E-state index in [-0.39, 0.29) is 17.7 Å². The molecule has 2 amide bonds. The first-order valence-corrected chi connectivity index (χ1v) is 11.3. The highest BCUT2D eigenvalue weighted by molar-refractivity contribution is 9.10. The maximum absolute atomic E-state index is 12.4. The summed E-state index contributed by atoms with van der Waals surface area (Å²) in [7, 11) is 1.52. The molecule has 0 atom stereocenters. The molecule has 0 N–H and O–H groups in total. The third-order valence-corrected chi connectivity index (χ3v) is 6.31. The second kappa shape index (κ2) is 10.1. The average Bonchev–Trinajstić information content (AvgIpc) is 2.94. The van der Waals surface area contributed by atoms with Crippen LogP contribution in [0, 0.1) is 0 Å². The van der Waals surface area contributed by atoms with Crippen LogP contribution in [-0.2, 0) is 16.1 Å². The lowest BCUT2D eigenvalue weighted by molar-refractivity contribution is -0.123. The lowest BCUT2D eigenvalue weighted by Crippen LogP contribution is -2.31. The molecule has 1 aliphatic heterocycles. The van der Waals surface area contributed by atoms with Crippen LogP contribution in [-0.4, -0.2) is 36.3 Å². The molecule has 1 fully saturated rings. The summed E-state index contributed by atoms with van der Waals surface area (Å²) in [6, 6.07) is 11.3. The molecule has 29 heavy (non-hydrogen) atoms. The van der Waals surface area contributed by atoms with Gasteiger partial charge < -0.3 is 9.47 Å². The molecule has 1 heterocycles. The summed E-state index contributed by atoms with van der Waals surface area (Å²) < 4.78 is 12.5. The van der Waals surface area contributed by atoms with E-state index < -0.39 is 0 Å². The Morgan fingerprint density at radius 1 is 1.17 bits per heavy atom. The van der Waals surface area contributed by atoms with Gasteiger partial charge in [0.05, 0.1) is 27.6 Å². The Morgan fingerprint density at radius 3 is 2.55 bits per heavy atom. The molecule has 152 valence electrons. The minimum absolute atomic E-state index is 0.228. The molecule has 0 aliphatic carbocycles. The second-order valence-corrected chi connectivity index (χ2v) is 9.23. The van der Waals surface area contributed by atoms with Gasteiger partial charge >= 0.3 is 0 Å². The van der Waals surface area contributed by atoms with Gasteiger partial charge in [-0.25, -0.2) is 0 Å². The SMILES string of the molecule is COCCN1C(=O)S/C(=C/c2cc(Cl)c(OCc3ccc(Br)cc3)c(Br)c2)C1=O. The summed E-state index contributed by atoms with van der Waals surface area (Å²) in [5.41, 5.74) is 1.69. The lowest BCUT2D eigenvalue weighted by atomic mass is 10.2. The van der Waals surface area contributed by atoms with Crippen molar-refractivity contribution in [2.75, 3.05) is 20.3 Å². The fourth-order valence-corrected chi connectivity index (χ4v) is 4.68. The number of halogens is 3. The summed E-state index contributed by atoms with van der Waals surface area (Å²) >= 11 is 14.2. The van der Waals surface area contributed by atoms with Crippen molar-refractivity contribution in [3.8, 4) is 5.75 Å². The van der Waals surface area contributed by atoms with Gasteiger partial charge in [-0.05, 0) is 69.2 Å². The Bertz CT molecular complexity index is 942. The minimum Gasteiger partial charge on any atom is -0.486 e. The summed E-state index contributed by atoms with van der Waals surface area (Å²) in [5.74, 6) is 0.180. The quantitative estimate of drug-likeness (QED) is 0.381. The van der Waals surface area contributed by atoms with Gasteiger partial charge in [0.15, 0.2) is 5.75 Å².